The SMILES string of the molecule is CC(NC(=O)C(C(=O)O)C(C)(C)C)C1CCC1. The van der Waals surface area contributed by atoms with Crippen molar-refractivity contribution in [3.8, 4) is 0 Å². The number of carbonyl (C=O) groups excluding carboxylic acids is 1. The Morgan fingerprint density at radius 3 is 2.12 bits per heavy atom. The van der Waals surface area contributed by atoms with E-state index in [1.54, 1.807) is 20.8 Å². The number of aliphatic carboxylic acids is 1. The van der Waals surface area contributed by atoms with Crippen molar-refractivity contribution in [2.75, 3.05) is 0 Å². The molecule has 2 unspecified atom stereocenters. The first-order chi connectivity index (χ1) is 7.73. The molecule has 0 aromatic heterocycles. The lowest BCUT2D eigenvalue weighted by Gasteiger charge is -2.34. The normalized spacial score (nSPS) is 20.2. The van der Waals surface area contributed by atoms with Gasteiger partial charge in [0, 0.05) is 6.04 Å². The van der Waals surface area contributed by atoms with Crippen molar-refractivity contribution in [2.45, 2.75) is 53.0 Å². The second-order valence-corrected chi connectivity index (χ2v) is 6.13. The molecule has 1 aliphatic carbocycles. The fraction of sp³-hybridized carbons (Fsp3) is 0.846. The molecule has 0 heterocycles. The highest BCUT2D eigenvalue weighted by Crippen LogP contribution is 2.31. The van der Waals surface area contributed by atoms with E-state index in [4.69, 9.17) is 5.11 Å². The Hall–Kier alpha value is -1.06. The number of rotatable bonds is 4. The molecule has 1 aliphatic rings. The molecule has 0 saturated heterocycles. The predicted molar refractivity (Wildman–Crippen MR) is 65.5 cm³/mol. The van der Waals surface area contributed by atoms with Gasteiger partial charge in [0.2, 0.25) is 5.91 Å². The number of nitrogens with one attached hydrogen (secondary N) is 1. The summed E-state index contributed by atoms with van der Waals surface area (Å²) in [5, 5.41) is 12.0. The molecule has 1 amide bonds. The van der Waals surface area contributed by atoms with Gasteiger partial charge in [-0.05, 0) is 31.1 Å². The second kappa shape index (κ2) is 5.07. The number of carbonyl (C=O) groups is 2. The second-order valence-electron chi connectivity index (χ2n) is 6.13. The molecule has 1 fully saturated rings. The number of carboxylic acid groups (broad SMARTS) is 1. The maximum Gasteiger partial charge on any atom is 0.316 e. The van der Waals surface area contributed by atoms with Crippen LogP contribution in [-0.2, 0) is 9.59 Å². The molecule has 98 valence electrons. The van der Waals surface area contributed by atoms with E-state index in [9.17, 15) is 9.59 Å². The van der Waals surface area contributed by atoms with Crippen molar-refractivity contribution >= 4 is 11.9 Å². The third-order valence-corrected chi connectivity index (χ3v) is 3.60. The van der Waals surface area contributed by atoms with Crippen molar-refractivity contribution in [1.29, 1.82) is 0 Å². The summed E-state index contributed by atoms with van der Waals surface area (Å²) in [6.07, 6.45) is 3.48. The summed E-state index contributed by atoms with van der Waals surface area (Å²) in [7, 11) is 0. The third kappa shape index (κ3) is 3.45. The van der Waals surface area contributed by atoms with E-state index in [-0.39, 0.29) is 11.9 Å². The molecule has 0 spiro atoms. The molecule has 0 aromatic rings. The molecular formula is C13H23NO3. The zero-order valence-electron chi connectivity index (χ0n) is 11.1. The molecule has 2 N–H and O–H groups in total. The van der Waals surface area contributed by atoms with E-state index < -0.39 is 17.3 Å². The van der Waals surface area contributed by atoms with Gasteiger partial charge in [-0.3, -0.25) is 9.59 Å². The van der Waals surface area contributed by atoms with E-state index in [0.717, 1.165) is 12.8 Å². The number of hydrogen-bond donors (Lipinski definition) is 2. The standard InChI is InChI=1S/C13H23NO3/c1-8(9-6-5-7-9)14-11(15)10(12(16)17)13(2,3)4/h8-10H,5-7H2,1-4H3,(H,14,15)(H,16,17). The minimum absolute atomic E-state index is 0.0837. The van der Waals surface area contributed by atoms with E-state index in [1.165, 1.54) is 6.42 Å². The smallest absolute Gasteiger partial charge is 0.316 e. The van der Waals surface area contributed by atoms with Gasteiger partial charge in [-0.25, -0.2) is 0 Å². The molecular weight excluding hydrogens is 218 g/mol. The average Bonchev–Trinajstić information content (AvgIpc) is 1.94. The van der Waals surface area contributed by atoms with E-state index in [0.29, 0.717) is 5.92 Å². The molecule has 1 saturated carbocycles. The highest BCUT2D eigenvalue weighted by atomic mass is 16.4. The van der Waals surface area contributed by atoms with Crippen molar-refractivity contribution in [3.63, 3.8) is 0 Å². The summed E-state index contributed by atoms with van der Waals surface area (Å²) < 4.78 is 0. The summed E-state index contributed by atoms with van der Waals surface area (Å²) in [4.78, 5) is 23.2. The minimum Gasteiger partial charge on any atom is -0.481 e. The lowest BCUT2D eigenvalue weighted by atomic mass is 9.78. The van der Waals surface area contributed by atoms with Crippen LogP contribution in [0, 0.1) is 17.3 Å². The van der Waals surface area contributed by atoms with Crippen LogP contribution in [-0.4, -0.2) is 23.0 Å². The number of hydrogen-bond acceptors (Lipinski definition) is 2. The molecule has 17 heavy (non-hydrogen) atoms. The fourth-order valence-corrected chi connectivity index (χ4v) is 2.24. The van der Waals surface area contributed by atoms with Crippen LogP contribution in [0.3, 0.4) is 0 Å². The Bertz CT molecular complexity index is 302. The van der Waals surface area contributed by atoms with Gasteiger partial charge in [0.1, 0.15) is 5.92 Å². The van der Waals surface area contributed by atoms with Gasteiger partial charge in [0.25, 0.3) is 0 Å². The van der Waals surface area contributed by atoms with Crippen LogP contribution in [0.4, 0.5) is 0 Å². The third-order valence-electron chi connectivity index (χ3n) is 3.60. The largest absolute Gasteiger partial charge is 0.481 e. The topological polar surface area (TPSA) is 66.4 Å². The van der Waals surface area contributed by atoms with Gasteiger partial charge in [0.05, 0.1) is 0 Å². The molecule has 4 heteroatoms. The molecule has 4 nitrogen and oxygen atoms in total. The van der Waals surface area contributed by atoms with Crippen LogP contribution in [0.5, 0.6) is 0 Å². The van der Waals surface area contributed by atoms with Crippen LogP contribution < -0.4 is 5.32 Å². The zero-order chi connectivity index (χ0) is 13.2. The Labute approximate surface area is 103 Å². The predicted octanol–water partition coefficient (Wildman–Crippen LogP) is 2.04. The Morgan fingerprint density at radius 2 is 1.82 bits per heavy atom. The fourth-order valence-electron chi connectivity index (χ4n) is 2.24. The van der Waals surface area contributed by atoms with Crippen molar-refractivity contribution < 1.29 is 14.7 Å². The summed E-state index contributed by atoms with van der Waals surface area (Å²) in [5.41, 5.74) is -0.560. The zero-order valence-corrected chi connectivity index (χ0v) is 11.1. The van der Waals surface area contributed by atoms with Crippen LogP contribution >= 0.6 is 0 Å². The molecule has 2 atom stereocenters. The first-order valence-corrected chi connectivity index (χ1v) is 6.26. The van der Waals surface area contributed by atoms with Crippen molar-refractivity contribution in [1.82, 2.24) is 5.32 Å². The molecule has 0 aromatic carbocycles. The highest BCUT2D eigenvalue weighted by Gasteiger charge is 2.39. The lowest BCUT2D eigenvalue weighted by molar-refractivity contribution is -0.151. The lowest BCUT2D eigenvalue weighted by Crippen LogP contribution is -2.48. The van der Waals surface area contributed by atoms with Gasteiger partial charge in [-0.1, -0.05) is 27.2 Å². The van der Waals surface area contributed by atoms with Gasteiger partial charge in [-0.15, -0.1) is 0 Å². The monoisotopic (exact) mass is 241 g/mol. The number of carboxylic acids is 1. The van der Waals surface area contributed by atoms with E-state index in [2.05, 4.69) is 5.32 Å². The first-order valence-electron chi connectivity index (χ1n) is 6.26. The summed E-state index contributed by atoms with van der Waals surface area (Å²) in [5.74, 6) is -1.86. The van der Waals surface area contributed by atoms with Gasteiger partial charge >= 0.3 is 5.97 Å². The van der Waals surface area contributed by atoms with Crippen LogP contribution in [0.2, 0.25) is 0 Å². The van der Waals surface area contributed by atoms with Crippen molar-refractivity contribution in [3.05, 3.63) is 0 Å². The summed E-state index contributed by atoms with van der Waals surface area (Å²) >= 11 is 0. The molecule has 0 bridgehead atoms. The van der Waals surface area contributed by atoms with Gasteiger partial charge in [0.15, 0.2) is 0 Å². The van der Waals surface area contributed by atoms with Gasteiger partial charge in [-0.2, -0.15) is 0 Å². The Kier molecular flexibility index (Phi) is 4.17. The summed E-state index contributed by atoms with van der Waals surface area (Å²) in [6.45, 7) is 7.29. The number of amides is 1. The Morgan fingerprint density at radius 1 is 1.29 bits per heavy atom. The maximum atomic E-state index is 12.0. The van der Waals surface area contributed by atoms with Gasteiger partial charge < -0.3 is 10.4 Å². The Balaban J connectivity index is 2.62. The summed E-state index contributed by atoms with van der Waals surface area (Å²) in [6, 6.07) is 0.0837. The average molecular weight is 241 g/mol. The first kappa shape index (κ1) is 14.0. The van der Waals surface area contributed by atoms with Crippen LogP contribution in [0.15, 0.2) is 0 Å². The van der Waals surface area contributed by atoms with E-state index in [1.807, 2.05) is 6.92 Å². The van der Waals surface area contributed by atoms with E-state index >= 15 is 0 Å². The molecule has 0 aliphatic heterocycles. The quantitative estimate of drug-likeness (QED) is 0.740. The van der Waals surface area contributed by atoms with Crippen LogP contribution in [0.25, 0.3) is 0 Å². The van der Waals surface area contributed by atoms with Crippen LogP contribution in [0.1, 0.15) is 47.0 Å². The van der Waals surface area contributed by atoms with Crippen molar-refractivity contribution in [2.24, 2.45) is 17.3 Å². The molecule has 0 radical (unpaired) electrons. The minimum atomic E-state index is -1.05. The molecule has 1 rings (SSSR count). The maximum absolute atomic E-state index is 12.0. The highest BCUT2D eigenvalue weighted by molar-refractivity contribution is 5.97.